The van der Waals surface area contributed by atoms with Crippen molar-refractivity contribution < 1.29 is 17.9 Å². The molecule has 2 aromatic carbocycles. The summed E-state index contributed by atoms with van der Waals surface area (Å²) in [6.45, 7) is 9.66. The van der Waals surface area contributed by atoms with Crippen molar-refractivity contribution in [3.8, 4) is 0 Å². The predicted octanol–water partition coefficient (Wildman–Crippen LogP) is 4.38. The van der Waals surface area contributed by atoms with Crippen LogP contribution in [0.15, 0.2) is 41.3 Å². The van der Waals surface area contributed by atoms with E-state index in [1.165, 1.54) is 0 Å². The van der Waals surface area contributed by atoms with Gasteiger partial charge in [0.1, 0.15) is 0 Å². The van der Waals surface area contributed by atoms with E-state index in [1.807, 2.05) is 25.1 Å². The summed E-state index contributed by atoms with van der Waals surface area (Å²) in [7, 11) is -3.66. The van der Waals surface area contributed by atoms with Gasteiger partial charge in [-0.15, -0.1) is 0 Å². The van der Waals surface area contributed by atoms with Gasteiger partial charge in [-0.25, -0.2) is 8.42 Å². The number of carbonyl (C=O) groups excluding carboxylic acids is 1. The number of aryl methyl sites for hydroxylation is 1. The molecule has 2 aromatic rings. The largest absolute Gasteiger partial charge is 0.378 e. The van der Waals surface area contributed by atoms with Crippen molar-refractivity contribution in [2.75, 3.05) is 49.6 Å². The molecule has 0 unspecified atom stereocenters. The number of benzene rings is 2. The second-order valence-electron chi connectivity index (χ2n) is 9.39. The minimum Gasteiger partial charge on any atom is -0.378 e. The first-order chi connectivity index (χ1) is 16.3. The van der Waals surface area contributed by atoms with Gasteiger partial charge >= 0.3 is 0 Å². The van der Waals surface area contributed by atoms with Crippen molar-refractivity contribution in [1.29, 1.82) is 0 Å². The molecule has 0 saturated carbocycles. The Kier molecular flexibility index (Phi) is 7.60. The number of morpholine rings is 1. The minimum atomic E-state index is -3.66. The van der Waals surface area contributed by atoms with Gasteiger partial charge in [0.25, 0.3) is 5.91 Å². The van der Waals surface area contributed by atoms with E-state index in [0.717, 1.165) is 41.8 Å². The molecule has 2 fully saturated rings. The van der Waals surface area contributed by atoms with Crippen LogP contribution in [0.3, 0.4) is 0 Å². The van der Waals surface area contributed by atoms with Gasteiger partial charge in [0, 0.05) is 37.6 Å². The number of hydrogen-bond donors (Lipinski definition) is 1. The van der Waals surface area contributed by atoms with E-state index in [0.29, 0.717) is 45.0 Å². The summed E-state index contributed by atoms with van der Waals surface area (Å²) in [6.07, 6.45) is 2.78. The van der Waals surface area contributed by atoms with Crippen molar-refractivity contribution >= 4 is 27.3 Å². The molecule has 2 aliphatic heterocycles. The van der Waals surface area contributed by atoms with Gasteiger partial charge in [-0.2, -0.15) is 4.31 Å². The summed E-state index contributed by atoms with van der Waals surface area (Å²) >= 11 is 0. The van der Waals surface area contributed by atoms with Crippen LogP contribution < -0.4 is 10.2 Å². The second kappa shape index (κ2) is 10.5. The molecule has 2 heterocycles. The summed E-state index contributed by atoms with van der Waals surface area (Å²) in [4.78, 5) is 15.9. The normalized spacial score (nSPS) is 17.7. The summed E-state index contributed by atoms with van der Waals surface area (Å²) in [6, 6.07) is 11.0. The zero-order chi connectivity index (χ0) is 24.3. The fourth-order valence-electron chi connectivity index (χ4n) is 4.72. The Bertz CT molecular complexity index is 1130. The van der Waals surface area contributed by atoms with E-state index in [1.54, 1.807) is 22.5 Å². The van der Waals surface area contributed by atoms with E-state index in [4.69, 9.17) is 4.74 Å². The molecule has 1 N–H and O–H groups in total. The molecule has 0 aromatic heterocycles. The minimum absolute atomic E-state index is 0.172. The Morgan fingerprint density at radius 1 is 1.00 bits per heavy atom. The lowest BCUT2D eigenvalue weighted by molar-refractivity contribution is 0.102. The number of ether oxygens (including phenoxy) is 1. The number of amides is 1. The second-order valence-corrected chi connectivity index (χ2v) is 11.3. The zero-order valence-electron chi connectivity index (χ0n) is 20.3. The Labute approximate surface area is 203 Å². The fraction of sp³-hybridized carbons (Fsp3) is 0.500. The molecule has 0 aliphatic carbocycles. The van der Waals surface area contributed by atoms with Crippen molar-refractivity contribution in [1.82, 2.24) is 4.31 Å². The highest BCUT2D eigenvalue weighted by molar-refractivity contribution is 7.89. The third-order valence-corrected chi connectivity index (χ3v) is 8.58. The average molecular weight is 486 g/mol. The van der Waals surface area contributed by atoms with Crippen molar-refractivity contribution in [2.45, 2.75) is 50.8 Å². The predicted molar refractivity (Wildman–Crippen MR) is 135 cm³/mol. The number of nitrogens with zero attached hydrogens (tertiary/aromatic N) is 2. The molecule has 2 aliphatic rings. The quantitative estimate of drug-likeness (QED) is 0.657. The summed E-state index contributed by atoms with van der Waals surface area (Å²) < 4.78 is 33.8. The van der Waals surface area contributed by atoms with E-state index in [2.05, 4.69) is 24.1 Å². The van der Waals surface area contributed by atoms with E-state index < -0.39 is 10.0 Å². The van der Waals surface area contributed by atoms with Gasteiger partial charge in [-0.05, 0) is 55.0 Å². The Balaban J connectivity index is 1.74. The molecule has 7 nitrogen and oxygen atoms in total. The van der Waals surface area contributed by atoms with Crippen LogP contribution in [0.5, 0.6) is 0 Å². The number of sulfonamides is 1. The maximum Gasteiger partial charge on any atom is 0.257 e. The molecule has 0 radical (unpaired) electrons. The van der Waals surface area contributed by atoms with Crippen LogP contribution in [0.25, 0.3) is 0 Å². The molecule has 8 heteroatoms. The summed E-state index contributed by atoms with van der Waals surface area (Å²) in [5.74, 6) is -0.0619. The number of nitrogens with one attached hydrogen (secondary N) is 1. The maximum absolute atomic E-state index is 13.7. The van der Waals surface area contributed by atoms with Gasteiger partial charge < -0.3 is 15.0 Å². The average Bonchev–Trinajstić information content (AvgIpc) is 2.85. The van der Waals surface area contributed by atoms with Crippen LogP contribution >= 0.6 is 0 Å². The highest BCUT2D eigenvalue weighted by Crippen LogP contribution is 2.31. The molecule has 184 valence electrons. The van der Waals surface area contributed by atoms with Crippen LogP contribution in [0.1, 0.15) is 60.5 Å². The monoisotopic (exact) mass is 485 g/mol. The highest BCUT2D eigenvalue weighted by Gasteiger charge is 2.29. The first-order valence-electron chi connectivity index (χ1n) is 12.2. The Hall–Kier alpha value is -2.42. The number of para-hydroxylation sites is 1. The fourth-order valence-corrected chi connectivity index (χ4v) is 6.26. The van der Waals surface area contributed by atoms with Gasteiger partial charge in [0.15, 0.2) is 0 Å². The number of hydrogen-bond acceptors (Lipinski definition) is 5. The first kappa shape index (κ1) is 24.7. The SMILES string of the molecule is Cc1cccc(C(C)C)c1NC(=O)c1cc(S(=O)(=O)N2CCCCC2)ccc1N1CCOCC1. The maximum atomic E-state index is 13.7. The third kappa shape index (κ3) is 5.14. The number of piperidine rings is 1. The lowest BCUT2D eigenvalue weighted by Gasteiger charge is -2.31. The molecular weight excluding hydrogens is 450 g/mol. The summed E-state index contributed by atoms with van der Waals surface area (Å²) in [5.41, 5.74) is 3.93. The topological polar surface area (TPSA) is 79.0 Å². The van der Waals surface area contributed by atoms with Crippen LogP contribution in [-0.4, -0.2) is 58.0 Å². The van der Waals surface area contributed by atoms with Gasteiger partial charge in [0.05, 0.1) is 23.7 Å². The van der Waals surface area contributed by atoms with Gasteiger partial charge in [-0.1, -0.05) is 38.5 Å². The van der Waals surface area contributed by atoms with Gasteiger partial charge in [0.2, 0.25) is 10.0 Å². The van der Waals surface area contributed by atoms with Crippen molar-refractivity contribution in [3.63, 3.8) is 0 Å². The number of carbonyl (C=O) groups is 1. The smallest absolute Gasteiger partial charge is 0.257 e. The van der Waals surface area contributed by atoms with Crippen molar-refractivity contribution in [2.24, 2.45) is 0 Å². The third-order valence-electron chi connectivity index (χ3n) is 6.68. The highest BCUT2D eigenvalue weighted by atomic mass is 32.2. The lowest BCUT2D eigenvalue weighted by Crippen LogP contribution is -2.38. The lowest BCUT2D eigenvalue weighted by atomic mass is 9.98. The molecular formula is C26H35N3O4S. The van der Waals surface area contributed by atoms with Crippen LogP contribution in [0.2, 0.25) is 0 Å². The van der Waals surface area contributed by atoms with Crippen molar-refractivity contribution in [3.05, 3.63) is 53.1 Å². The van der Waals surface area contributed by atoms with E-state index >= 15 is 0 Å². The Morgan fingerprint density at radius 2 is 1.71 bits per heavy atom. The molecule has 2 saturated heterocycles. The van der Waals surface area contributed by atoms with Gasteiger partial charge in [-0.3, -0.25) is 4.79 Å². The molecule has 34 heavy (non-hydrogen) atoms. The standard InChI is InChI=1S/C26H35N3O4S/c1-19(2)22-9-7-8-20(3)25(22)27-26(30)23-18-21(34(31,32)29-12-5-4-6-13-29)10-11-24(23)28-14-16-33-17-15-28/h7-11,18-19H,4-6,12-17H2,1-3H3,(H,27,30). The summed E-state index contributed by atoms with van der Waals surface area (Å²) in [5, 5.41) is 3.11. The van der Waals surface area contributed by atoms with Crippen LogP contribution in [0, 0.1) is 6.92 Å². The van der Waals surface area contributed by atoms with E-state index in [9.17, 15) is 13.2 Å². The number of rotatable bonds is 6. The zero-order valence-corrected chi connectivity index (χ0v) is 21.2. The van der Waals surface area contributed by atoms with E-state index in [-0.39, 0.29) is 16.7 Å². The molecule has 0 bridgehead atoms. The Morgan fingerprint density at radius 3 is 2.38 bits per heavy atom. The molecule has 1 amide bonds. The molecule has 0 atom stereocenters. The van der Waals surface area contributed by atoms with Crippen LogP contribution in [0.4, 0.5) is 11.4 Å². The first-order valence-corrected chi connectivity index (χ1v) is 13.6. The van der Waals surface area contributed by atoms with Crippen LogP contribution in [-0.2, 0) is 14.8 Å². The molecule has 4 rings (SSSR count). The number of anilines is 2. The molecule has 0 spiro atoms.